The van der Waals surface area contributed by atoms with Gasteiger partial charge in [-0.15, -0.1) is 0 Å². The summed E-state index contributed by atoms with van der Waals surface area (Å²) in [6.07, 6.45) is -1.11. The number of hydrogen-bond donors (Lipinski definition) is 1. The minimum Gasteiger partial charge on any atom is -0.388 e. The molecule has 1 aliphatic carbocycles. The molecule has 32 heavy (non-hydrogen) atoms. The Hall–Kier alpha value is -2.44. The summed E-state index contributed by atoms with van der Waals surface area (Å²) in [5, 5.41) is 11.0. The zero-order valence-electron chi connectivity index (χ0n) is 18.2. The Morgan fingerprint density at radius 2 is 1.59 bits per heavy atom. The van der Waals surface area contributed by atoms with Crippen LogP contribution in [0.2, 0.25) is 0 Å². The maximum absolute atomic E-state index is 12.9. The molecule has 170 valence electrons. The number of ether oxygens (including phenoxy) is 1. The number of aryl methyl sites for hydroxylation is 2. The zero-order valence-corrected chi connectivity index (χ0v) is 18.2. The van der Waals surface area contributed by atoms with Crippen LogP contribution in [-0.4, -0.2) is 30.2 Å². The van der Waals surface area contributed by atoms with Crippen LogP contribution >= 0.6 is 0 Å². The quantitative estimate of drug-likeness (QED) is 0.613. The van der Waals surface area contributed by atoms with Gasteiger partial charge in [0.05, 0.1) is 17.6 Å². The summed E-state index contributed by atoms with van der Waals surface area (Å²) < 4.78 is 44.0. The van der Waals surface area contributed by atoms with Crippen molar-refractivity contribution in [3.05, 3.63) is 70.3 Å². The lowest BCUT2D eigenvalue weighted by Gasteiger charge is -2.22. The summed E-state index contributed by atoms with van der Waals surface area (Å²) in [4.78, 5) is 12.9. The molecule has 0 radical (unpaired) electrons. The molecule has 3 nitrogen and oxygen atoms in total. The van der Waals surface area contributed by atoms with Gasteiger partial charge in [0.15, 0.2) is 0 Å². The van der Waals surface area contributed by atoms with E-state index in [4.69, 9.17) is 4.74 Å². The van der Waals surface area contributed by atoms with Crippen LogP contribution in [0.25, 0.3) is 11.1 Å². The smallest absolute Gasteiger partial charge is 0.388 e. The van der Waals surface area contributed by atoms with Gasteiger partial charge >= 0.3 is 6.18 Å². The lowest BCUT2D eigenvalue weighted by atomic mass is 9.85. The third-order valence-electron chi connectivity index (χ3n) is 6.59. The van der Waals surface area contributed by atoms with E-state index in [2.05, 4.69) is 6.08 Å². The maximum Gasteiger partial charge on any atom is 0.416 e. The van der Waals surface area contributed by atoms with Gasteiger partial charge in [0.25, 0.3) is 0 Å². The SMILES string of the molecule is Cc1cc(-c2ccc(C(F)(F)F)cc2)cc(C)c1C1C(=O)C/C(=C\C2CCOCC2)C1O. The molecular formula is C26H27F3O3. The van der Waals surface area contributed by atoms with Crippen LogP contribution in [-0.2, 0) is 15.7 Å². The normalized spacial score (nSPS) is 23.8. The Kier molecular flexibility index (Phi) is 6.28. The van der Waals surface area contributed by atoms with Crippen molar-refractivity contribution in [1.29, 1.82) is 0 Å². The molecule has 2 unspecified atom stereocenters. The van der Waals surface area contributed by atoms with Crippen molar-refractivity contribution >= 4 is 5.78 Å². The first-order chi connectivity index (χ1) is 15.1. The molecule has 0 aromatic heterocycles. The first-order valence-electron chi connectivity index (χ1n) is 10.9. The van der Waals surface area contributed by atoms with Gasteiger partial charge in [-0.1, -0.05) is 30.3 Å². The van der Waals surface area contributed by atoms with Gasteiger partial charge in [-0.3, -0.25) is 4.79 Å². The highest BCUT2D eigenvalue weighted by atomic mass is 19.4. The average Bonchev–Trinajstić information content (AvgIpc) is 3.01. The number of carbonyl (C=O) groups is 1. The van der Waals surface area contributed by atoms with Gasteiger partial charge in [0.1, 0.15) is 5.78 Å². The van der Waals surface area contributed by atoms with Gasteiger partial charge in [-0.05, 0) is 78.1 Å². The number of aliphatic hydroxyl groups excluding tert-OH is 1. The summed E-state index contributed by atoms with van der Waals surface area (Å²) in [6, 6.07) is 8.83. The van der Waals surface area contributed by atoms with E-state index in [0.717, 1.165) is 52.8 Å². The van der Waals surface area contributed by atoms with Crippen molar-refractivity contribution in [1.82, 2.24) is 0 Å². The number of ketones is 1. The van der Waals surface area contributed by atoms with E-state index in [1.807, 2.05) is 26.0 Å². The highest BCUT2D eigenvalue weighted by molar-refractivity contribution is 5.93. The Bertz CT molecular complexity index is 1010. The van der Waals surface area contributed by atoms with Crippen molar-refractivity contribution in [3.8, 4) is 11.1 Å². The fourth-order valence-corrected chi connectivity index (χ4v) is 4.95. The standard InChI is InChI=1S/C26H27F3O3/c1-15-11-19(18-3-5-21(6-4-18)26(27,28)29)12-16(2)23(15)24-22(30)14-20(25(24)31)13-17-7-9-32-10-8-17/h3-6,11-13,17,24-25,31H,7-10,14H2,1-2H3/b20-13+. The predicted molar refractivity (Wildman–Crippen MR) is 116 cm³/mol. The number of Topliss-reactive ketones (excluding diaryl/α,β-unsaturated/α-hetero) is 1. The molecule has 2 aromatic rings. The third-order valence-corrected chi connectivity index (χ3v) is 6.59. The maximum atomic E-state index is 12.9. The number of halogens is 3. The van der Waals surface area contributed by atoms with Crippen LogP contribution in [0.3, 0.4) is 0 Å². The molecule has 6 heteroatoms. The molecule has 0 spiro atoms. The van der Waals surface area contributed by atoms with Crippen molar-refractivity contribution < 1.29 is 27.8 Å². The number of carbonyl (C=O) groups excluding carboxylic acids is 1. The molecule has 1 saturated heterocycles. The second kappa shape index (κ2) is 8.83. The Labute approximate surface area is 185 Å². The molecule has 1 aliphatic heterocycles. The van der Waals surface area contributed by atoms with Gasteiger partial charge in [0.2, 0.25) is 0 Å². The minimum atomic E-state index is -4.37. The molecule has 2 aromatic carbocycles. The van der Waals surface area contributed by atoms with E-state index < -0.39 is 23.8 Å². The third kappa shape index (κ3) is 4.52. The number of aliphatic hydroxyl groups is 1. The number of alkyl halides is 3. The second-order valence-electron chi connectivity index (χ2n) is 8.86. The number of benzene rings is 2. The number of hydrogen-bond acceptors (Lipinski definition) is 3. The molecule has 2 aliphatic rings. The summed E-state index contributed by atoms with van der Waals surface area (Å²) in [6.45, 7) is 5.17. The van der Waals surface area contributed by atoms with Crippen LogP contribution < -0.4 is 0 Å². The first-order valence-corrected chi connectivity index (χ1v) is 10.9. The summed E-state index contributed by atoms with van der Waals surface area (Å²) in [7, 11) is 0. The lowest BCUT2D eigenvalue weighted by molar-refractivity contribution is -0.137. The fourth-order valence-electron chi connectivity index (χ4n) is 4.95. The predicted octanol–water partition coefficient (Wildman–Crippen LogP) is 5.76. The van der Waals surface area contributed by atoms with Crippen molar-refractivity contribution in [2.24, 2.45) is 5.92 Å². The van der Waals surface area contributed by atoms with Crippen molar-refractivity contribution in [3.63, 3.8) is 0 Å². The Morgan fingerprint density at radius 3 is 2.16 bits per heavy atom. The summed E-state index contributed by atoms with van der Waals surface area (Å²) in [5.74, 6) is -0.281. The number of allylic oxidation sites excluding steroid dienone is 1. The van der Waals surface area contributed by atoms with Crippen LogP contribution in [0.15, 0.2) is 48.0 Å². The van der Waals surface area contributed by atoms with Crippen molar-refractivity contribution in [2.45, 2.75) is 51.3 Å². The molecule has 1 N–H and O–H groups in total. The summed E-state index contributed by atoms with van der Waals surface area (Å²) >= 11 is 0. The Morgan fingerprint density at radius 1 is 1.00 bits per heavy atom. The molecule has 4 rings (SSSR count). The van der Waals surface area contributed by atoms with Gasteiger partial charge in [-0.2, -0.15) is 13.2 Å². The van der Waals surface area contributed by atoms with Crippen LogP contribution in [0.4, 0.5) is 13.2 Å². The topological polar surface area (TPSA) is 46.5 Å². The minimum absolute atomic E-state index is 0.00397. The molecule has 1 saturated carbocycles. The van der Waals surface area contributed by atoms with Gasteiger partial charge < -0.3 is 9.84 Å². The zero-order chi connectivity index (χ0) is 23.0. The van der Waals surface area contributed by atoms with E-state index in [0.29, 0.717) is 24.7 Å². The average molecular weight is 444 g/mol. The fraction of sp³-hybridized carbons (Fsp3) is 0.423. The van der Waals surface area contributed by atoms with E-state index in [1.165, 1.54) is 12.1 Å². The monoisotopic (exact) mass is 444 g/mol. The van der Waals surface area contributed by atoms with E-state index >= 15 is 0 Å². The van der Waals surface area contributed by atoms with Gasteiger partial charge in [0, 0.05) is 19.6 Å². The molecule has 0 amide bonds. The van der Waals surface area contributed by atoms with E-state index in [-0.39, 0.29) is 12.2 Å². The van der Waals surface area contributed by atoms with Crippen LogP contribution in [0.1, 0.15) is 47.4 Å². The van der Waals surface area contributed by atoms with Gasteiger partial charge in [-0.25, -0.2) is 0 Å². The Balaban J connectivity index is 1.62. The van der Waals surface area contributed by atoms with Crippen LogP contribution in [0, 0.1) is 19.8 Å². The second-order valence-corrected chi connectivity index (χ2v) is 8.86. The first kappa shape index (κ1) is 22.7. The van der Waals surface area contributed by atoms with E-state index in [9.17, 15) is 23.1 Å². The summed E-state index contributed by atoms with van der Waals surface area (Å²) in [5.41, 5.74) is 4.08. The highest BCUT2D eigenvalue weighted by Gasteiger charge is 2.40. The lowest BCUT2D eigenvalue weighted by Crippen LogP contribution is -2.21. The van der Waals surface area contributed by atoms with E-state index in [1.54, 1.807) is 0 Å². The molecular weight excluding hydrogens is 417 g/mol. The molecule has 2 atom stereocenters. The highest BCUT2D eigenvalue weighted by Crippen LogP contribution is 2.41. The molecule has 2 fully saturated rings. The molecule has 1 heterocycles. The molecule has 0 bridgehead atoms. The largest absolute Gasteiger partial charge is 0.416 e. The van der Waals surface area contributed by atoms with Crippen LogP contribution in [0.5, 0.6) is 0 Å². The van der Waals surface area contributed by atoms with Crippen molar-refractivity contribution in [2.75, 3.05) is 13.2 Å². The number of rotatable bonds is 3.